The summed E-state index contributed by atoms with van der Waals surface area (Å²) in [5.41, 5.74) is 1.21. The molecule has 1 fully saturated rings. The van der Waals surface area contributed by atoms with Gasteiger partial charge in [0.15, 0.2) is 0 Å². The molecule has 1 heterocycles. The van der Waals surface area contributed by atoms with Crippen molar-refractivity contribution in [1.82, 2.24) is 4.97 Å². The molecule has 0 atom stereocenters. The molecule has 1 aliphatic heterocycles. The average molecular weight is 173 g/mol. The maximum absolute atomic E-state index is 5.32. The van der Waals surface area contributed by atoms with Gasteiger partial charge in [-0.2, -0.15) is 0 Å². The van der Waals surface area contributed by atoms with E-state index in [0.29, 0.717) is 0 Å². The van der Waals surface area contributed by atoms with E-state index in [2.05, 4.69) is 18.2 Å². The summed E-state index contributed by atoms with van der Waals surface area (Å²) in [6.45, 7) is 0.846. The fourth-order valence-corrected chi connectivity index (χ4v) is 1.32. The molecule has 0 spiro atoms. The molecule has 0 aliphatic carbocycles. The molecular formula is C10H12BNO. The Balaban J connectivity index is 1.97. The van der Waals surface area contributed by atoms with Crippen LogP contribution in [0, 0.1) is 0 Å². The zero-order chi connectivity index (χ0) is 8.93. The SMILES string of the molecule is B1CCON1C=Cc1ccccc1. The molecule has 0 unspecified atom stereocenters. The highest BCUT2D eigenvalue weighted by Crippen LogP contribution is 2.06. The zero-order valence-corrected chi connectivity index (χ0v) is 7.52. The van der Waals surface area contributed by atoms with Crippen molar-refractivity contribution in [2.45, 2.75) is 6.32 Å². The molecular weight excluding hydrogens is 161 g/mol. The fraction of sp³-hybridized carbons (Fsp3) is 0.200. The van der Waals surface area contributed by atoms with E-state index in [4.69, 9.17) is 4.84 Å². The third kappa shape index (κ3) is 2.36. The van der Waals surface area contributed by atoms with Crippen LogP contribution in [0.5, 0.6) is 0 Å². The van der Waals surface area contributed by atoms with Crippen LogP contribution in [0.2, 0.25) is 6.32 Å². The molecule has 0 N–H and O–H groups in total. The number of hydroxylamine groups is 1. The molecule has 0 saturated carbocycles. The molecule has 2 rings (SSSR count). The number of nitrogens with zero attached hydrogens (tertiary/aromatic N) is 1. The van der Waals surface area contributed by atoms with Gasteiger partial charge in [-0.05, 0) is 18.0 Å². The van der Waals surface area contributed by atoms with Crippen LogP contribution in [0.1, 0.15) is 5.56 Å². The Morgan fingerprint density at radius 1 is 1.31 bits per heavy atom. The van der Waals surface area contributed by atoms with Gasteiger partial charge in [-0.15, -0.1) is 0 Å². The Labute approximate surface area is 79.0 Å². The van der Waals surface area contributed by atoms with Gasteiger partial charge >= 0.3 is 0 Å². The van der Waals surface area contributed by atoms with Crippen LogP contribution in [-0.4, -0.2) is 19.0 Å². The highest BCUT2D eigenvalue weighted by atomic mass is 16.7. The normalized spacial score (nSPS) is 16.5. The van der Waals surface area contributed by atoms with Crippen LogP contribution < -0.4 is 0 Å². The Morgan fingerprint density at radius 3 is 2.85 bits per heavy atom. The minimum Gasteiger partial charge on any atom is -0.312 e. The smallest absolute Gasteiger partial charge is 0.274 e. The van der Waals surface area contributed by atoms with Gasteiger partial charge in [0.05, 0.1) is 6.61 Å². The Kier molecular flexibility index (Phi) is 2.67. The molecule has 1 aliphatic rings. The highest BCUT2D eigenvalue weighted by Gasteiger charge is 2.09. The summed E-state index contributed by atoms with van der Waals surface area (Å²) in [6.07, 6.45) is 5.17. The first-order valence-electron chi connectivity index (χ1n) is 4.58. The fourth-order valence-electron chi connectivity index (χ4n) is 1.32. The first-order chi connectivity index (χ1) is 6.45. The van der Waals surface area contributed by atoms with Crippen LogP contribution >= 0.6 is 0 Å². The predicted molar refractivity (Wildman–Crippen MR) is 55.2 cm³/mol. The maximum Gasteiger partial charge on any atom is 0.274 e. The third-order valence-corrected chi connectivity index (χ3v) is 2.01. The molecule has 3 heteroatoms. The van der Waals surface area contributed by atoms with Gasteiger partial charge in [0.1, 0.15) is 0 Å². The Bertz CT molecular complexity index is 280. The van der Waals surface area contributed by atoms with Gasteiger partial charge in [-0.3, -0.25) is 4.84 Å². The topological polar surface area (TPSA) is 12.5 Å². The van der Waals surface area contributed by atoms with Crippen molar-refractivity contribution in [3.8, 4) is 0 Å². The van der Waals surface area contributed by atoms with Crippen molar-refractivity contribution in [2.75, 3.05) is 6.61 Å². The standard InChI is InChI=1S/C10H12BNO/c1-2-4-10(5-3-1)6-8-12-11-7-9-13-12/h1-6,8,11H,7,9H2. The highest BCUT2D eigenvalue weighted by molar-refractivity contribution is 6.32. The molecule has 13 heavy (non-hydrogen) atoms. The number of benzene rings is 1. The number of hydrogen-bond acceptors (Lipinski definition) is 2. The molecule has 66 valence electrons. The van der Waals surface area contributed by atoms with Crippen LogP contribution in [-0.2, 0) is 4.84 Å². The largest absolute Gasteiger partial charge is 0.312 e. The minimum absolute atomic E-state index is 0.846. The number of rotatable bonds is 2. The second-order valence-corrected chi connectivity index (χ2v) is 3.05. The zero-order valence-electron chi connectivity index (χ0n) is 7.52. The van der Waals surface area contributed by atoms with Crippen molar-refractivity contribution >= 4 is 13.5 Å². The first-order valence-corrected chi connectivity index (χ1v) is 4.58. The Morgan fingerprint density at radius 2 is 2.15 bits per heavy atom. The lowest BCUT2D eigenvalue weighted by Gasteiger charge is -2.08. The molecule has 0 radical (unpaired) electrons. The molecule has 2 nitrogen and oxygen atoms in total. The van der Waals surface area contributed by atoms with Gasteiger partial charge < -0.3 is 4.97 Å². The van der Waals surface area contributed by atoms with Gasteiger partial charge in [-0.1, -0.05) is 30.3 Å². The summed E-state index contributed by atoms with van der Waals surface area (Å²) in [7, 11) is 1.00. The van der Waals surface area contributed by atoms with E-state index in [0.717, 1.165) is 20.3 Å². The van der Waals surface area contributed by atoms with E-state index in [9.17, 15) is 0 Å². The third-order valence-electron chi connectivity index (χ3n) is 2.01. The van der Waals surface area contributed by atoms with Crippen LogP contribution in [0.15, 0.2) is 36.5 Å². The lowest BCUT2D eigenvalue weighted by molar-refractivity contribution is -0.0192. The monoisotopic (exact) mass is 173 g/mol. The maximum atomic E-state index is 5.32. The van der Waals surface area contributed by atoms with Gasteiger partial charge in [0.25, 0.3) is 7.41 Å². The van der Waals surface area contributed by atoms with E-state index in [-0.39, 0.29) is 0 Å². The van der Waals surface area contributed by atoms with Crippen molar-refractivity contribution in [3.63, 3.8) is 0 Å². The van der Waals surface area contributed by atoms with Gasteiger partial charge in [-0.25, -0.2) is 0 Å². The van der Waals surface area contributed by atoms with Crippen LogP contribution in [0.4, 0.5) is 0 Å². The van der Waals surface area contributed by atoms with Crippen molar-refractivity contribution in [1.29, 1.82) is 0 Å². The molecule has 1 saturated heterocycles. The summed E-state index contributed by atoms with van der Waals surface area (Å²) < 4.78 is 0. The average Bonchev–Trinajstić information content (AvgIpc) is 2.69. The summed E-state index contributed by atoms with van der Waals surface area (Å²) in [5.74, 6) is 0. The molecule has 0 amide bonds. The summed E-state index contributed by atoms with van der Waals surface area (Å²) in [6, 6.07) is 10.2. The quantitative estimate of drug-likeness (QED) is 0.630. The number of hydrogen-bond donors (Lipinski definition) is 0. The van der Waals surface area contributed by atoms with E-state index < -0.39 is 0 Å². The van der Waals surface area contributed by atoms with Crippen molar-refractivity contribution in [2.24, 2.45) is 0 Å². The van der Waals surface area contributed by atoms with Crippen LogP contribution in [0.25, 0.3) is 6.08 Å². The second-order valence-electron chi connectivity index (χ2n) is 3.05. The minimum atomic E-state index is 0.846. The van der Waals surface area contributed by atoms with Crippen molar-refractivity contribution < 1.29 is 4.84 Å². The van der Waals surface area contributed by atoms with Crippen molar-refractivity contribution in [3.05, 3.63) is 42.1 Å². The first kappa shape index (κ1) is 8.39. The molecule has 1 aromatic rings. The lowest BCUT2D eigenvalue weighted by atomic mass is 9.91. The summed E-state index contributed by atoms with van der Waals surface area (Å²) in [4.78, 5) is 7.20. The van der Waals surface area contributed by atoms with E-state index in [1.165, 1.54) is 5.56 Å². The second kappa shape index (κ2) is 4.14. The van der Waals surface area contributed by atoms with Crippen LogP contribution in [0.3, 0.4) is 0 Å². The van der Waals surface area contributed by atoms with E-state index in [1.807, 2.05) is 29.4 Å². The molecule has 0 aromatic heterocycles. The lowest BCUT2D eigenvalue weighted by Crippen LogP contribution is -2.11. The Hall–Kier alpha value is -1.22. The summed E-state index contributed by atoms with van der Waals surface area (Å²) >= 11 is 0. The predicted octanol–water partition coefficient (Wildman–Crippen LogP) is 1.67. The van der Waals surface area contributed by atoms with E-state index in [1.54, 1.807) is 0 Å². The molecule has 0 bridgehead atoms. The van der Waals surface area contributed by atoms with Gasteiger partial charge in [0, 0.05) is 6.20 Å². The molecule has 1 aromatic carbocycles. The summed E-state index contributed by atoms with van der Waals surface area (Å²) in [5, 5.41) is 0. The van der Waals surface area contributed by atoms with Gasteiger partial charge in [0.2, 0.25) is 0 Å². The van der Waals surface area contributed by atoms with E-state index >= 15 is 0 Å².